The van der Waals surface area contributed by atoms with Crippen molar-refractivity contribution >= 4 is 11.7 Å². The van der Waals surface area contributed by atoms with E-state index in [1.54, 1.807) is 7.11 Å². The molecule has 5 nitrogen and oxygen atoms in total. The fourth-order valence-electron chi connectivity index (χ4n) is 2.28. The third-order valence-electron chi connectivity index (χ3n) is 3.72. The van der Waals surface area contributed by atoms with Gasteiger partial charge in [0.2, 0.25) is 0 Å². The summed E-state index contributed by atoms with van der Waals surface area (Å²) in [6.45, 7) is 1.34. The number of methoxy groups -OCH3 is 1. The number of hydrogen-bond donors (Lipinski definition) is 2. The molecule has 110 valence electrons. The molecule has 1 aromatic rings. The molecule has 3 N–H and O–H groups in total. The highest BCUT2D eigenvalue weighted by Crippen LogP contribution is 2.26. The fraction of sp³-hybridized carbons (Fsp3) is 0.533. The molecule has 1 aliphatic carbocycles. The van der Waals surface area contributed by atoms with Crippen molar-refractivity contribution in [1.29, 1.82) is 0 Å². The average Bonchev–Trinajstić information content (AvgIpc) is 2.42. The van der Waals surface area contributed by atoms with Crippen molar-refractivity contribution in [1.82, 2.24) is 4.90 Å². The van der Waals surface area contributed by atoms with Crippen LogP contribution in [-0.2, 0) is 0 Å². The van der Waals surface area contributed by atoms with Crippen molar-refractivity contribution in [3.8, 4) is 5.75 Å². The summed E-state index contributed by atoms with van der Waals surface area (Å²) in [5, 5.41) is 2.94. The van der Waals surface area contributed by atoms with Crippen molar-refractivity contribution in [2.75, 3.05) is 25.5 Å². The first-order chi connectivity index (χ1) is 9.74. The third-order valence-corrected chi connectivity index (χ3v) is 3.72. The van der Waals surface area contributed by atoms with Crippen LogP contribution in [0.4, 0.5) is 10.5 Å². The Morgan fingerprint density at radius 1 is 1.40 bits per heavy atom. The van der Waals surface area contributed by atoms with Crippen molar-refractivity contribution < 1.29 is 9.53 Å². The SMILES string of the molecule is COc1ccc(NC(=O)N(CCCN)C2CCC2)cc1. The molecular weight excluding hydrogens is 254 g/mol. The van der Waals surface area contributed by atoms with E-state index in [1.165, 1.54) is 6.42 Å². The first kappa shape index (κ1) is 14.7. The highest BCUT2D eigenvalue weighted by molar-refractivity contribution is 5.89. The second kappa shape index (κ2) is 7.14. The normalized spacial score (nSPS) is 14.5. The summed E-state index contributed by atoms with van der Waals surface area (Å²) in [6.07, 6.45) is 4.24. The topological polar surface area (TPSA) is 67.6 Å². The predicted molar refractivity (Wildman–Crippen MR) is 80.0 cm³/mol. The van der Waals surface area contributed by atoms with Gasteiger partial charge >= 0.3 is 6.03 Å². The second-order valence-corrected chi connectivity index (χ2v) is 5.08. The quantitative estimate of drug-likeness (QED) is 0.839. The number of hydrogen-bond acceptors (Lipinski definition) is 3. The number of carbonyl (C=O) groups excluding carboxylic acids is 1. The molecule has 1 aromatic carbocycles. The zero-order chi connectivity index (χ0) is 14.4. The maximum Gasteiger partial charge on any atom is 0.322 e. The van der Waals surface area contributed by atoms with Gasteiger partial charge in [-0.3, -0.25) is 0 Å². The zero-order valence-corrected chi connectivity index (χ0v) is 12.0. The summed E-state index contributed by atoms with van der Waals surface area (Å²) >= 11 is 0. The van der Waals surface area contributed by atoms with E-state index in [2.05, 4.69) is 5.32 Å². The molecule has 5 heteroatoms. The summed E-state index contributed by atoms with van der Waals surface area (Å²) in [5.41, 5.74) is 6.33. The van der Waals surface area contributed by atoms with E-state index in [1.807, 2.05) is 29.2 Å². The lowest BCUT2D eigenvalue weighted by Gasteiger charge is -2.37. The van der Waals surface area contributed by atoms with Gasteiger partial charge in [0, 0.05) is 18.3 Å². The molecule has 1 fully saturated rings. The van der Waals surface area contributed by atoms with Crippen LogP contribution in [0.3, 0.4) is 0 Å². The first-order valence-corrected chi connectivity index (χ1v) is 7.16. The molecule has 1 saturated carbocycles. The number of nitrogens with two attached hydrogens (primary N) is 1. The third kappa shape index (κ3) is 3.63. The van der Waals surface area contributed by atoms with Crippen LogP contribution in [0.25, 0.3) is 0 Å². The Hall–Kier alpha value is -1.75. The van der Waals surface area contributed by atoms with Gasteiger partial charge in [-0.15, -0.1) is 0 Å². The molecule has 0 aromatic heterocycles. The molecule has 0 saturated heterocycles. The number of benzene rings is 1. The maximum atomic E-state index is 12.3. The van der Waals surface area contributed by atoms with E-state index < -0.39 is 0 Å². The minimum atomic E-state index is -0.0340. The Morgan fingerprint density at radius 2 is 2.10 bits per heavy atom. The smallest absolute Gasteiger partial charge is 0.322 e. The monoisotopic (exact) mass is 277 g/mol. The summed E-state index contributed by atoms with van der Waals surface area (Å²) in [4.78, 5) is 14.3. The molecule has 0 spiro atoms. The van der Waals surface area contributed by atoms with Crippen molar-refractivity contribution in [3.63, 3.8) is 0 Å². The second-order valence-electron chi connectivity index (χ2n) is 5.08. The largest absolute Gasteiger partial charge is 0.497 e. The van der Waals surface area contributed by atoms with Gasteiger partial charge in [-0.05, 0) is 56.5 Å². The Kier molecular flexibility index (Phi) is 5.24. The van der Waals surface area contributed by atoms with Gasteiger partial charge < -0.3 is 20.7 Å². The highest BCUT2D eigenvalue weighted by atomic mass is 16.5. The predicted octanol–water partition coefficient (Wildman–Crippen LogP) is 2.43. The van der Waals surface area contributed by atoms with Crippen LogP contribution in [0.5, 0.6) is 5.75 Å². The molecule has 0 atom stereocenters. The minimum absolute atomic E-state index is 0.0340. The van der Waals surface area contributed by atoms with E-state index in [4.69, 9.17) is 10.5 Å². The number of amides is 2. The van der Waals surface area contributed by atoms with Crippen LogP contribution in [-0.4, -0.2) is 37.2 Å². The van der Waals surface area contributed by atoms with Crippen LogP contribution in [0, 0.1) is 0 Å². The molecule has 0 unspecified atom stereocenters. The Balaban J connectivity index is 1.95. The summed E-state index contributed by atoms with van der Waals surface area (Å²) in [7, 11) is 1.62. The summed E-state index contributed by atoms with van der Waals surface area (Å²) in [6, 6.07) is 7.71. The Labute approximate surface area is 120 Å². The number of anilines is 1. The van der Waals surface area contributed by atoms with Crippen LogP contribution >= 0.6 is 0 Å². The molecule has 2 rings (SSSR count). The Morgan fingerprint density at radius 3 is 2.60 bits per heavy atom. The number of carbonyl (C=O) groups is 1. The van der Waals surface area contributed by atoms with Gasteiger partial charge in [0.15, 0.2) is 0 Å². The maximum absolute atomic E-state index is 12.3. The van der Waals surface area contributed by atoms with Gasteiger partial charge in [0.1, 0.15) is 5.75 Å². The van der Waals surface area contributed by atoms with Crippen molar-refractivity contribution in [2.45, 2.75) is 31.7 Å². The van der Waals surface area contributed by atoms with Gasteiger partial charge in [-0.2, -0.15) is 0 Å². The lowest BCUT2D eigenvalue weighted by atomic mass is 9.91. The number of nitrogens with zero attached hydrogens (tertiary/aromatic N) is 1. The Bertz CT molecular complexity index is 429. The van der Waals surface area contributed by atoms with Gasteiger partial charge in [-0.1, -0.05) is 0 Å². The molecule has 0 heterocycles. The van der Waals surface area contributed by atoms with Crippen LogP contribution in [0.2, 0.25) is 0 Å². The van der Waals surface area contributed by atoms with E-state index in [0.717, 1.165) is 37.2 Å². The molecule has 20 heavy (non-hydrogen) atoms. The van der Waals surface area contributed by atoms with Crippen molar-refractivity contribution in [3.05, 3.63) is 24.3 Å². The van der Waals surface area contributed by atoms with E-state index in [9.17, 15) is 4.79 Å². The highest BCUT2D eigenvalue weighted by Gasteiger charge is 2.28. The minimum Gasteiger partial charge on any atom is -0.497 e. The standard InChI is InChI=1S/C15H23N3O2/c1-20-14-8-6-12(7-9-14)17-15(19)18(11-3-10-16)13-4-2-5-13/h6-9,13H,2-5,10-11,16H2,1H3,(H,17,19). The van der Waals surface area contributed by atoms with Crippen molar-refractivity contribution in [2.24, 2.45) is 5.73 Å². The molecular formula is C15H23N3O2. The first-order valence-electron chi connectivity index (χ1n) is 7.16. The lowest BCUT2D eigenvalue weighted by Crippen LogP contribution is -2.47. The lowest BCUT2D eigenvalue weighted by molar-refractivity contribution is 0.148. The van der Waals surface area contributed by atoms with Gasteiger partial charge in [-0.25, -0.2) is 4.79 Å². The average molecular weight is 277 g/mol. The van der Waals surface area contributed by atoms with Crippen LogP contribution < -0.4 is 15.8 Å². The van der Waals surface area contributed by atoms with Gasteiger partial charge in [0.25, 0.3) is 0 Å². The van der Waals surface area contributed by atoms with Crippen LogP contribution in [0.1, 0.15) is 25.7 Å². The fourth-order valence-corrected chi connectivity index (χ4v) is 2.28. The van der Waals surface area contributed by atoms with Crippen LogP contribution in [0.15, 0.2) is 24.3 Å². The molecule has 0 radical (unpaired) electrons. The van der Waals surface area contributed by atoms with E-state index in [0.29, 0.717) is 12.6 Å². The van der Waals surface area contributed by atoms with E-state index in [-0.39, 0.29) is 6.03 Å². The number of rotatable bonds is 6. The molecule has 2 amide bonds. The zero-order valence-electron chi connectivity index (χ0n) is 12.0. The summed E-state index contributed by atoms with van der Waals surface area (Å²) < 4.78 is 5.10. The molecule has 1 aliphatic rings. The number of urea groups is 1. The van der Waals surface area contributed by atoms with E-state index >= 15 is 0 Å². The molecule has 0 bridgehead atoms. The number of nitrogens with one attached hydrogen (secondary N) is 1. The summed E-state index contributed by atoms with van der Waals surface area (Å²) in [5.74, 6) is 0.780. The number of ether oxygens (including phenoxy) is 1. The van der Waals surface area contributed by atoms with Gasteiger partial charge in [0.05, 0.1) is 7.11 Å². The molecule has 0 aliphatic heterocycles.